The van der Waals surface area contributed by atoms with Gasteiger partial charge in [0.1, 0.15) is 0 Å². The Morgan fingerprint density at radius 3 is 2.73 bits per heavy atom. The van der Waals surface area contributed by atoms with Crippen molar-refractivity contribution in [3.05, 3.63) is 40.9 Å². The fourth-order valence-corrected chi connectivity index (χ4v) is 3.01. The van der Waals surface area contributed by atoms with Crippen LogP contribution < -0.4 is 5.32 Å². The molecule has 0 fully saturated rings. The van der Waals surface area contributed by atoms with Gasteiger partial charge in [0, 0.05) is 21.2 Å². The molecule has 0 bridgehead atoms. The minimum Gasteiger partial charge on any atom is -0.313 e. The summed E-state index contributed by atoms with van der Waals surface area (Å²) in [5.41, 5.74) is 1.18. The van der Waals surface area contributed by atoms with E-state index in [2.05, 4.69) is 52.9 Å². The van der Waals surface area contributed by atoms with Crippen molar-refractivity contribution in [3.8, 4) is 0 Å². The first-order valence-electron chi connectivity index (χ1n) is 4.85. The van der Waals surface area contributed by atoms with Crippen LogP contribution >= 0.6 is 27.7 Å². The fourth-order valence-electron chi connectivity index (χ4n) is 1.21. The molecule has 0 aliphatic rings. The summed E-state index contributed by atoms with van der Waals surface area (Å²) in [4.78, 5) is 1.28. The molecule has 0 saturated heterocycles. The van der Waals surface area contributed by atoms with E-state index in [9.17, 15) is 0 Å². The number of thioether (sulfide) groups is 1. The van der Waals surface area contributed by atoms with Crippen LogP contribution in [0.25, 0.3) is 0 Å². The Morgan fingerprint density at radius 1 is 1.53 bits per heavy atom. The van der Waals surface area contributed by atoms with Crippen LogP contribution in [0, 0.1) is 0 Å². The largest absolute Gasteiger partial charge is 0.313 e. The van der Waals surface area contributed by atoms with Gasteiger partial charge in [-0.3, -0.25) is 0 Å². The molecule has 0 aliphatic carbocycles. The maximum absolute atomic E-state index is 3.97. The summed E-state index contributed by atoms with van der Waals surface area (Å²) >= 11 is 5.38. The average Bonchev–Trinajstić information content (AvgIpc) is 2.21. The highest BCUT2D eigenvalue weighted by Crippen LogP contribution is 2.27. The van der Waals surface area contributed by atoms with Gasteiger partial charge in [-0.2, -0.15) is 0 Å². The number of likely N-dealkylation sites (N-methyl/N-ethyl adjacent to an activating group) is 1. The normalized spacial score (nSPS) is 12.5. The molecule has 0 amide bonds. The van der Waals surface area contributed by atoms with Crippen LogP contribution in [0.3, 0.4) is 0 Å². The smallest absolute Gasteiger partial charge is 0.0366 e. The molecule has 0 heterocycles. The first-order valence-corrected chi connectivity index (χ1v) is 6.63. The zero-order valence-corrected chi connectivity index (χ0v) is 11.5. The molecule has 3 heteroatoms. The summed E-state index contributed by atoms with van der Waals surface area (Å²) in [6, 6.07) is 8.66. The number of hydrogen-bond acceptors (Lipinski definition) is 2. The second kappa shape index (κ2) is 6.36. The van der Waals surface area contributed by atoms with Gasteiger partial charge < -0.3 is 5.32 Å². The minimum atomic E-state index is 0.377. The topological polar surface area (TPSA) is 12.0 Å². The molecule has 0 spiro atoms. The van der Waals surface area contributed by atoms with E-state index >= 15 is 0 Å². The third-order valence-electron chi connectivity index (χ3n) is 2.19. The van der Waals surface area contributed by atoms with Crippen LogP contribution in [-0.2, 0) is 0 Å². The summed E-state index contributed by atoms with van der Waals surface area (Å²) in [7, 11) is 1.97. The predicted octanol–water partition coefficient (Wildman–Crippen LogP) is 3.71. The molecule has 0 saturated carbocycles. The van der Waals surface area contributed by atoms with Crippen LogP contribution in [0.1, 0.15) is 6.92 Å². The molecule has 1 aromatic carbocycles. The highest BCUT2D eigenvalue weighted by molar-refractivity contribution is 9.10. The Labute approximate surface area is 104 Å². The highest BCUT2D eigenvalue weighted by atomic mass is 79.9. The number of rotatable bonds is 5. The Morgan fingerprint density at radius 2 is 2.20 bits per heavy atom. The fraction of sp³-hybridized carbons (Fsp3) is 0.333. The van der Waals surface area contributed by atoms with E-state index in [1.807, 2.05) is 24.9 Å². The average molecular weight is 286 g/mol. The number of benzene rings is 1. The van der Waals surface area contributed by atoms with Crippen molar-refractivity contribution in [3.63, 3.8) is 0 Å². The summed E-state index contributed by atoms with van der Waals surface area (Å²) in [5, 5.41) is 3.26. The van der Waals surface area contributed by atoms with Gasteiger partial charge >= 0.3 is 0 Å². The van der Waals surface area contributed by atoms with E-state index in [1.54, 1.807) is 0 Å². The molecule has 82 valence electrons. The van der Waals surface area contributed by atoms with Crippen LogP contribution in [0.4, 0.5) is 0 Å². The lowest BCUT2D eigenvalue weighted by Gasteiger charge is -2.15. The second-order valence-corrected chi connectivity index (χ2v) is 5.35. The van der Waals surface area contributed by atoms with Crippen molar-refractivity contribution < 1.29 is 0 Å². The van der Waals surface area contributed by atoms with Crippen LogP contribution in [-0.4, -0.2) is 18.8 Å². The van der Waals surface area contributed by atoms with Crippen LogP contribution in [0.5, 0.6) is 0 Å². The summed E-state index contributed by atoms with van der Waals surface area (Å²) in [6.07, 6.45) is 0. The molecule has 0 aromatic heterocycles. The molecule has 1 nitrogen and oxygen atoms in total. The zero-order valence-electron chi connectivity index (χ0n) is 9.09. The summed E-state index contributed by atoms with van der Waals surface area (Å²) < 4.78 is 1.16. The molecular formula is C12H16BrNS. The quantitative estimate of drug-likeness (QED) is 0.654. The first-order chi connectivity index (χ1) is 7.15. The summed E-state index contributed by atoms with van der Waals surface area (Å²) in [5.74, 6) is 1.01. The molecular weight excluding hydrogens is 270 g/mol. The number of nitrogens with one attached hydrogen (secondary N) is 1. The standard InChI is InChI=1S/C12H16BrNS/c1-9(2)11(14-3)8-15-12-7-5-4-6-10(12)13/h4-7,11,14H,1,8H2,2-3H3. The van der Waals surface area contributed by atoms with Gasteiger partial charge in [0.15, 0.2) is 0 Å². The third kappa shape index (κ3) is 4.01. The molecule has 15 heavy (non-hydrogen) atoms. The van der Waals surface area contributed by atoms with E-state index in [4.69, 9.17) is 0 Å². The van der Waals surface area contributed by atoms with E-state index < -0.39 is 0 Å². The molecule has 1 N–H and O–H groups in total. The summed E-state index contributed by atoms with van der Waals surface area (Å²) in [6.45, 7) is 6.03. The van der Waals surface area contributed by atoms with Crippen molar-refractivity contribution in [2.24, 2.45) is 0 Å². The van der Waals surface area contributed by atoms with Crippen molar-refractivity contribution >= 4 is 27.7 Å². The molecule has 1 aromatic rings. The van der Waals surface area contributed by atoms with Gasteiger partial charge in [0.05, 0.1) is 0 Å². The van der Waals surface area contributed by atoms with Crippen molar-refractivity contribution in [2.75, 3.05) is 12.8 Å². The van der Waals surface area contributed by atoms with Gasteiger partial charge in [0.2, 0.25) is 0 Å². The Bertz CT molecular complexity index is 338. The number of halogens is 1. The van der Waals surface area contributed by atoms with E-state index in [0.29, 0.717) is 6.04 Å². The maximum atomic E-state index is 3.97. The van der Waals surface area contributed by atoms with Crippen molar-refractivity contribution in [1.29, 1.82) is 0 Å². The van der Waals surface area contributed by atoms with Gasteiger partial charge in [-0.25, -0.2) is 0 Å². The van der Waals surface area contributed by atoms with E-state index in [-0.39, 0.29) is 0 Å². The zero-order chi connectivity index (χ0) is 11.3. The molecule has 0 aliphatic heterocycles. The molecule has 0 radical (unpaired) electrons. The molecule has 1 unspecified atom stereocenters. The highest BCUT2D eigenvalue weighted by Gasteiger charge is 2.08. The lowest BCUT2D eigenvalue weighted by Crippen LogP contribution is -2.28. The van der Waals surface area contributed by atoms with Gasteiger partial charge in [-0.05, 0) is 42.0 Å². The second-order valence-electron chi connectivity index (χ2n) is 3.43. The van der Waals surface area contributed by atoms with Crippen LogP contribution in [0.15, 0.2) is 45.8 Å². The molecule has 1 rings (SSSR count). The Kier molecular flexibility index (Phi) is 5.43. The maximum Gasteiger partial charge on any atom is 0.0366 e. The third-order valence-corrected chi connectivity index (χ3v) is 4.31. The van der Waals surface area contributed by atoms with E-state index in [0.717, 1.165) is 10.2 Å². The molecule has 1 atom stereocenters. The van der Waals surface area contributed by atoms with Crippen molar-refractivity contribution in [2.45, 2.75) is 17.9 Å². The first kappa shape index (κ1) is 12.8. The van der Waals surface area contributed by atoms with Gasteiger partial charge in [-0.1, -0.05) is 24.3 Å². The van der Waals surface area contributed by atoms with Gasteiger partial charge in [0.25, 0.3) is 0 Å². The van der Waals surface area contributed by atoms with Crippen LogP contribution in [0.2, 0.25) is 0 Å². The number of hydrogen-bond donors (Lipinski definition) is 1. The minimum absolute atomic E-state index is 0.377. The predicted molar refractivity (Wildman–Crippen MR) is 72.5 cm³/mol. The lowest BCUT2D eigenvalue weighted by atomic mass is 10.2. The Hall–Kier alpha value is -0.250. The van der Waals surface area contributed by atoms with E-state index in [1.165, 1.54) is 10.5 Å². The Balaban J connectivity index is 2.56. The van der Waals surface area contributed by atoms with Crippen molar-refractivity contribution in [1.82, 2.24) is 5.32 Å². The SMILES string of the molecule is C=C(C)C(CSc1ccccc1Br)NC. The monoisotopic (exact) mass is 285 g/mol. The van der Waals surface area contributed by atoms with Gasteiger partial charge in [-0.15, -0.1) is 11.8 Å². The lowest BCUT2D eigenvalue weighted by molar-refractivity contribution is 0.703.